The van der Waals surface area contributed by atoms with Gasteiger partial charge in [-0.25, -0.2) is 13.1 Å². The van der Waals surface area contributed by atoms with Crippen LogP contribution in [0.1, 0.15) is 35.3 Å². The first-order valence-corrected chi connectivity index (χ1v) is 11.2. The number of hydrogen-bond acceptors (Lipinski definition) is 5. The normalized spacial score (nSPS) is 12.3. The van der Waals surface area contributed by atoms with E-state index in [9.17, 15) is 18.0 Å². The summed E-state index contributed by atoms with van der Waals surface area (Å²) in [4.78, 5) is 26.3. The molecule has 1 amide bonds. The Morgan fingerprint density at radius 2 is 1.80 bits per heavy atom. The molecule has 0 fully saturated rings. The van der Waals surface area contributed by atoms with Crippen molar-refractivity contribution in [3.8, 4) is 0 Å². The van der Waals surface area contributed by atoms with E-state index < -0.39 is 21.9 Å². The van der Waals surface area contributed by atoms with Crippen molar-refractivity contribution in [3.63, 3.8) is 0 Å². The van der Waals surface area contributed by atoms with Crippen LogP contribution in [-0.2, 0) is 26.1 Å². The summed E-state index contributed by atoms with van der Waals surface area (Å²) in [5.74, 6) is -1.22. The number of rotatable bonds is 9. The summed E-state index contributed by atoms with van der Waals surface area (Å²) in [5, 5.41) is 0. The molecule has 2 rings (SSSR count). The lowest BCUT2D eigenvalue weighted by atomic mass is 10.1. The van der Waals surface area contributed by atoms with Gasteiger partial charge in [0, 0.05) is 25.2 Å². The first kappa shape index (κ1) is 23.6. The number of amides is 1. The molecular weight excluding hydrogens is 404 g/mol. The van der Waals surface area contributed by atoms with Gasteiger partial charge >= 0.3 is 5.97 Å². The Morgan fingerprint density at radius 1 is 1.13 bits per heavy atom. The Balaban J connectivity index is 2.24. The van der Waals surface area contributed by atoms with Crippen molar-refractivity contribution in [1.82, 2.24) is 9.62 Å². The number of carbonyl (C=O) groups is 2. The molecule has 0 aliphatic carbocycles. The Morgan fingerprint density at radius 3 is 2.40 bits per heavy atom. The molecule has 1 unspecified atom stereocenters. The van der Waals surface area contributed by atoms with Crippen molar-refractivity contribution < 1.29 is 22.7 Å². The van der Waals surface area contributed by atoms with Crippen molar-refractivity contribution in [2.75, 3.05) is 20.2 Å². The molecule has 7 nitrogen and oxygen atoms in total. The zero-order chi connectivity index (χ0) is 22.3. The lowest BCUT2D eigenvalue weighted by Crippen LogP contribution is -2.37. The zero-order valence-electron chi connectivity index (χ0n) is 17.7. The molecule has 0 aromatic heterocycles. The highest BCUT2D eigenvalue weighted by Crippen LogP contribution is 2.19. The van der Waals surface area contributed by atoms with Crippen molar-refractivity contribution in [3.05, 3.63) is 65.2 Å². The second-order valence-electron chi connectivity index (χ2n) is 7.05. The van der Waals surface area contributed by atoms with Gasteiger partial charge in [0.05, 0.1) is 17.9 Å². The zero-order valence-corrected chi connectivity index (χ0v) is 18.5. The number of aryl methyl sites for hydroxylation is 1. The van der Waals surface area contributed by atoms with E-state index >= 15 is 0 Å². The molecule has 0 spiro atoms. The van der Waals surface area contributed by atoms with Gasteiger partial charge in [-0.1, -0.05) is 43.3 Å². The molecule has 0 aliphatic heterocycles. The van der Waals surface area contributed by atoms with E-state index in [0.717, 1.165) is 5.56 Å². The molecule has 0 heterocycles. The molecule has 8 heteroatoms. The van der Waals surface area contributed by atoms with Crippen molar-refractivity contribution in [2.24, 2.45) is 5.92 Å². The van der Waals surface area contributed by atoms with E-state index in [2.05, 4.69) is 4.72 Å². The summed E-state index contributed by atoms with van der Waals surface area (Å²) >= 11 is 0. The smallest absolute Gasteiger partial charge is 0.310 e. The van der Waals surface area contributed by atoms with Crippen LogP contribution in [0, 0.1) is 12.8 Å². The summed E-state index contributed by atoms with van der Waals surface area (Å²) in [7, 11) is -2.50. The van der Waals surface area contributed by atoms with E-state index in [0.29, 0.717) is 12.1 Å². The number of sulfonamides is 1. The molecule has 0 aliphatic rings. The molecule has 2 aromatic rings. The van der Waals surface area contributed by atoms with Crippen molar-refractivity contribution in [2.45, 2.75) is 32.2 Å². The van der Waals surface area contributed by atoms with Gasteiger partial charge < -0.3 is 9.64 Å². The molecule has 30 heavy (non-hydrogen) atoms. The lowest BCUT2D eigenvalue weighted by molar-refractivity contribution is -0.145. The minimum Gasteiger partial charge on any atom is -0.469 e. The predicted molar refractivity (Wildman–Crippen MR) is 114 cm³/mol. The minimum atomic E-state index is -3.80. The monoisotopic (exact) mass is 432 g/mol. The fourth-order valence-corrected chi connectivity index (χ4v) is 4.03. The number of nitrogens with zero attached hydrogens (tertiary/aromatic N) is 1. The van der Waals surface area contributed by atoms with E-state index in [4.69, 9.17) is 4.74 Å². The SMILES string of the molecule is CCN(CC(C)C(=O)OC)C(=O)c1cc(S(=O)(=O)NCc2ccccc2)ccc1C. The lowest BCUT2D eigenvalue weighted by Gasteiger charge is -2.24. The molecule has 0 bridgehead atoms. The number of methoxy groups -OCH3 is 1. The molecular formula is C22H28N2O5S. The third kappa shape index (κ3) is 5.90. The van der Waals surface area contributed by atoms with Gasteiger partial charge in [0.2, 0.25) is 10.0 Å². The summed E-state index contributed by atoms with van der Waals surface area (Å²) in [6.07, 6.45) is 0. The molecule has 1 N–H and O–H groups in total. The number of ether oxygens (including phenoxy) is 1. The Kier molecular flexibility index (Phi) is 8.14. The van der Waals surface area contributed by atoms with Gasteiger partial charge in [0.15, 0.2) is 0 Å². The maximum absolute atomic E-state index is 13.1. The van der Waals surface area contributed by atoms with Crippen molar-refractivity contribution in [1.29, 1.82) is 0 Å². The van der Waals surface area contributed by atoms with Gasteiger partial charge in [-0.15, -0.1) is 0 Å². The molecule has 1 atom stereocenters. The average molecular weight is 433 g/mol. The second-order valence-corrected chi connectivity index (χ2v) is 8.82. The fourth-order valence-electron chi connectivity index (χ4n) is 2.99. The van der Waals surface area contributed by atoms with E-state index in [1.807, 2.05) is 30.3 Å². The second kappa shape index (κ2) is 10.4. The first-order chi connectivity index (χ1) is 14.2. The van der Waals surface area contributed by atoms with Crippen molar-refractivity contribution >= 4 is 21.9 Å². The number of benzene rings is 2. The number of hydrogen-bond donors (Lipinski definition) is 1. The average Bonchev–Trinajstić information content (AvgIpc) is 2.75. The highest BCUT2D eigenvalue weighted by atomic mass is 32.2. The fraction of sp³-hybridized carbons (Fsp3) is 0.364. The standard InChI is InChI=1S/C22H28N2O5S/c1-5-24(15-17(3)22(26)29-4)21(25)20-13-19(12-11-16(20)2)30(27,28)23-14-18-9-7-6-8-10-18/h6-13,17,23H,5,14-15H2,1-4H3. The van der Waals surface area contributed by atoms with Crippen LogP contribution < -0.4 is 4.72 Å². The van der Waals surface area contributed by atoms with Gasteiger partial charge in [0.25, 0.3) is 5.91 Å². The third-order valence-electron chi connectivity index (χ3n) is 4.83. The van der Waals surface area contributed by atoms with Gasteiger partial charge in [-0.3, -0.25) is 9.59 Å². The van der Waals surface area contributed by atoms with E-state index in [1.54, 1.807) is 26.8 Å². The van der Waals surface area contributed by atoms with Crippen LogP contribution in [0.15, 0.2) is 53.4 Å². The Hall–Kier alpha value is -2.71. The third-order valence-corrected chi connectivity index (χ3v) is 6.22. The summed E-state index contributed by atoms with van der Waals surface area (Å²) in [6, 6.07) is 13.7. The Bertz CT molecular complexity index is 990. The summed E-state index contributed by atoms with van der Waals surface area (Å²) in [6.45, 7) is 5.95. The highest BCUT2D eigenvalue weighted by Gasteiger charge is 2.24. The van der Waals surface area contributed by atoms with Gasteiger partial charge in [-0.2, -0.15) is 0 Å². The van der Waals surface area contributed by atoms with Crippen LogP contribution in [0.25, 0.3) is 0 Å². The molecule has 0 saturated heterocycles. The predicted octanol–water partition coefficient (Wildman–Crippen LogP) is 2.74. The topological polar surface area (TPSA) is 92.8 Å². The minimum absolute atomic E-state index is 0.0180. The molecule has 0 radical (unpaired) electrons. The molecule has 0 saturated carbocycles. The summed E-state index contributed by atoms with van der Waals surface area (Å²) in [5.41, 5.74) is 1.78. The maximum Gasteiger partial charge on any atom is 0.310 e. The van der Waals surface area contributed by atoms with Crippen LogP contribution in [0.3, 0.4) is 0 Å². The highest BCUT2D eigenvalue weighted by molar-refractivity contribution is 7.89. The Labute approximate surface area is 178 Å². The molecule has 162 valence electrons. The van der Waals surface area contributed by atoms with Crippen LogP contribution in [0.2, 0.25) is 0 Å². The number of esters is 1. The quantitative estimate of drug-likeness (QED) is 0.615. The van der Waals surface area contributed by atoms with Gasteiger partial charge in [-0.05, 0) is 37.1 Å². The van der Waals surface area contributed by atoms with Crippen LogP contribution in [0.5, 0.6) is 0 Å². The summed E-state index contributed by atoms with van der Waals surface area (Å²) < 4.78 is 32.8. The van der Waals surface area contributed by atoms with Crippen LogP contribution in [0.4, 0.5) is 0 Å². The van der Waals surface area contributed by atoms with Gasteiger partial charge in [0.1, 0.15) is 0 Å². The number of carbonyl (C=O) groups excluding carboxylic acids is 2. The van der Waals surface area contributed by atoms with Crippen LogP contribution >= 0.6 is 0 Å². The molecule has 2 aromatic carbocycles. The first-order valence-electron chi connectivity index (χ1n) is 9.71. The number of nitrogens with one attached hydrogen (secondary N) is 1. The largest absolute Gasteiger partial charge is 0.469 e. The van der Waals surface area contributed by atoms with E-state index in [-0.39, 0.29) is 29.5 Å². The van der Waals surface area contributed by atoms with E-state index in [1.165, 1.54) is 24.1 Å². The van der Waals surface area contributed by atoms with Crippen LogP contribution in [-0.4, -0.2) is 45.4 Å². The maximum atomic E-state index is 13.1.